The van der Waals surface area contributed by atoms with Gasteiger partial charge in [-0.25, -0.2) is 4.79 Å². The highest BCUT2D eigenvalue weighted by Crippen LogP contribution is 2.45. The van der Waals surface area contributed by atoms with E-state index in [9.17, 15) is 4.79 Å². The quantitative estimate of drug-likeness (QED) is 0.588. The van der Waals surface area contributed by atoms with Gasteiger partial charge in [-0.2, -0.15) is 16.3 Å². The number of ether oxygens (including phenoxy) is 1. The van der Waals surface area contributed by atoms with Crippen molar-refractivity contribution < 1.29 is 14.1 Å². The van der Waals surface area contributed by atoms with Crippen LogP contribution in [0.15, 0.2) is 45.6 Å². The van der Waals surface area contributed by atoms with Gasteiger partial charge in [-0.15, -0.1) is 23.5 Å². The van der Waals surface area contributed by atoms with E-state index in [1.54, 1.807) is 11.3 Å². The molecule has 2 aromatic heterocycles. The third-order valence-corrected chi connectivity index (χ3v) is 7.40. The molecule has 8 heteroatoms. The van der Waals surface area contributed by atoms with Gasteiger partial charge in [0.1, 0.15) is 0 Å². The predicted molar refractivity (Wildman–Crippen MR) is 101 cm³/mol. The smallest absolute Gasteiger partial charge is 0.338 e. The molecule has 0 atom stereocenters. The second-order valence-corrected chi connectivity index (χ2v) is 8.80. The fraction of sp³-hybridized carbons (Fsp3) is 0.235. The highest BCUT2D eigenvalue weighted by molar-refractivity contribution is 8.19. The molecule has 0 aliphatic carbocycles. The van der Waals surface area contributed by atoms with Crippen molar-refractivity contribution >= 4 is 40.8 Å². The van der Waals surface area contributed by atoms with Crippen molar-refractivity contribution in [1.82, 2.24) is 10.1 Å². The first-order valence-corrected chi connectivity index (χ1v) is 10.7. The molecule has 128 valence electrons. The van der Waals surface area contributed by atoms with Crippen LogP contribution in [0.5, 0.6) is 0 Å². The topological polar surface area (TPSA) is 65.2 Å². The Labute approximate surface area is 157 Å². The molecular weight excluding hydrogens is 376 g/mol. The van der Waals surface area contributed by atoms with Crippen LogP contribution in [0.1, 0.15) is 26.4 Å². The number of benzene rings is 1. The molecule has 5 nitrogen and oxygen atoms in total. The minimum absolute atomic E-state index is 0.0357. The van der Waals surface area contributed by atoms with Crippen LogP contribution in [0.25, 0.3) is 11.4 Å². The second-order valence-electron chi connectivity index (χ2n) is 5.30. The van der Waals surface area contributed by atoms with Crippen molar-refractivity contribution in [3.63, 3.8) is 0 Å². The van der Waals surface area contributed by atoms with Crippen LogP contribution in [-0.4, -0.2) is 27.6 Å². The highest BCUT2D eigenvalue weighted by Gasteiger charge is 2.19. The Morgan fingerprint density at radius 2 is 2.00 bits per heavy atom. The summed E-state index contributed by atoms with van der Waals surface area (Å²) < 4.78 is 10.9. The summed E-state index contributed by atoms with van der Waals surface area (Å²) in [6, 6.07) is 9.51. The number of thiophene rings is 1. The van der Waals surface area contributed by atoms with Crippen LogP contribution in [-0.2, 0) is 11.3 Å². The van der Waals surface area contributed by atoms with Gasteiger partial charge in [-0.3, -0.25) is 0 Å². The number of carbonyl (C=O) groups excluding carboxylic acids is 1. The predicted octanol–water partition coefficient (Wildman–Crippen LogP) is 4.63. The van der Waals surface area contributed by atoms with Gasteiger partial charge in [0.15, 0.2) is 6.61 Å². The lowest BCUT2D eigenvalue weighted by atomic mass is 10.1. The Kier molecular flexibility index (Phi) is 5.09. The first-order valence-electron chi connectivity index (χ1n) is 7.65. The molecule has 0 N–H and O–H groups in total. The zero-order valence-corrected chi connectivity index (χ0v) is 15.5. The van der Waals surface area contributed by atoms with Gasteiger partial charge in [-0.1, -0.05) is 17.3 Å². The molecule has 0 radical (unpaired) electrons. The van der Waals surface area contributed by atoms with Crippen LogP contribution >= 0.6 is 34.9 Å². The van der Waals surface area contributed by atoms with Crippen LogP contribution in [0.3, 0.4) is 0 Å². The van der Waals surface area contributed by atoms with Gasteiger partial charge in [0.25, 0.3) is 5.89 Å². The molecule has 1 fully saturated rings. The van der Waals surface area contributed by atoms with Crippen molar-refractivity contribution in [2.45, 2.75) is 11.2 Å². The highest BCUT2D eigenvalue weighted by atomic mass is 32.2. The second kappa shape index (κ2) is 7.63. The first kappa shape index (κ1) is 16.7. The van der Waals surface area contributed by atoms with E-state index in [0.29, 0.717) is 16.0 Å². The van der Waals surface area contributed by atoms with Crippen LogP contribution in [0.4, 0.5) is 0 Å². The van der Waals surface area contributed by atoms with Gasteiger partial charge in [-0.05, 0) is 29.1 Å². The van der Waals surface area contributed by atoms with Crippen molar-refractivity contribution in [2.75, 3.05) is 11.5 Å². The van der Waals surface area contributed by atoms with Gasteiger partial charge < -0.3 is 9.26 Å². The minimum atomic E-state index is -0.395. The molecule has 1 aromatic carbocycles. The Morgan fingerprint density at radius 1 is 1.20 bits per heavy atom. The molecule has 0 bridgehead atoms. The van der Waals surface area contributed by atoms with E-state index in [1.165, 1.54) is 17.1 Å². The van der Waals surface area contributed by atoms with Crippen LogP contribution in [0.2, 0.25) is 0 Å². The fourth-order valence-electron chi connectivity index (χ4n) is 2.36. The number of nitrogens with zero attached hydrogens (tertiary/aromatic N) is 2. The molecule has 0 saturated carbocycles. The molecular formula is C17H14N2O3S3. The molecule has 0 unspecified atom stereocenters. The van der Waals surface area contributed by atoms with Gasteiger partial charge in [0.2, 0.25) is 5.82 Å². The molecule has 0 spiro atoms. The summed E-state index contributed by atoms with van der Waals surface area (Å²) in [7, 11) is 0. The van der Waals surface area contributed by atoms with E-state index < -0.39 is 5.97 Å². The Balaban J connectivity index is 1.35. The van der Waals surface area contributed by atoms with Crippen LogP contribution < -0.4 is 0 Å². The van der Waals surface area contributed by atoms with E-state index in [0.717, 1.165) is 5.56 Å². The number of esters is 1. The lowest BCUT2D eigenvalue weighted by Gasteiger charge is -2.08. The van der Waals surface area contributed by atoms with Gasteiger partial charge >= 0.3 is 5.97 Å². The summed E-state index contributed by atoms with van der Waals surface area (Å²) in [5.74, 6) is 2.74. The number of thioether (sulfide) groups is 2. The van der Waals surface area contributed by atoms with E-state index in [4.69, 9.17) is 9.26 Å². The Bertz CT molecular complexity index is 840. The van der Waals surface area contributed by atoms with Gasteiger partial charge in [0, 0.05) is 22.4 Å². The van der Waals surface area contributed by atoms with E-state index in [-0.39, 0.29) is 12.5 Å². The molecule has 0 amide bonds. The van der Waals surface area contributed by atoms with Crippen LogP contribution in [0, 0.1) is 0 Å². The summed E-state index contributed by atoms with van der Waals surface area (Å²) in [5.41, 5.74) is 2.65. The molecule has 4 rings (SSSR count). The third kappa shape index (κ3) is 3.91. The molecule has 3 heterocycles. The maximum Gasteiger partial charge on any atom is 0.338 e. The van der Waals surface area contributed by atoms with Crippen molar-refractivity contribution in [3.05, 3.63) is 58.1 Å². The lowest BCUT2D eigenvalue weighted by Crippen LogP contribution is -2.05. The Hall–Kier alpha value is -1.77. The number of aromatic nitrogens is 2. The van der Waals surface area contributed by atoms with Crippen molar-refractivity contribution in [1.29, 1.82) is 0 Å². The van der Waals surface area contributed by atoms with Crippen molar-refractivity contribution in [2.24, 2.45) is 0 Å². The molecule has 1 aliphatic rings. The average Bonchev–Trinajstić information content (AvgIpc) is 3.42. The SMILES string of the molecule is O=C(OCc1nc(-c2ccsc2)no1)c1ccc(C2SCCS2)cc1. The zero-order chi connectivity index (χ0) is 17.1. The third-order valence-electron chi connectivity index (χ3n) is 3.61. The number of hydrogen-bond acceptors (Lipinski definition) is 8. The summed E-state index contributed by atoms with van der Waals surface area (Å²) in [6.07, 6.45) is 0. The molecule has 1 aliphatic heterocycles. The average molecular weight is 391 g/mol. The maximum atomic E-state index is 12.2. The molecule has 25 heavy (non-hydrogen) atoms. The number of carbonyl (C=O) groups is 1. The number of rotatable bonds is 5. The van der Waals surface area contributed by atoms with E-state index >= 15 is 0 Å². The maximum absolute atomic E-state index is 12.2. The summed E-state index contributed by atoms with van der Waals surface area (Å²) in [5, 5.41) is 7.77. The monoisotopic (exact) mass is 390 g/mol. The summed E-state index contributed by atoms with van der Waals surface area (Å²) >= 11 is 5.44. The Morgan fingerprint density at radius 3 is 2.72 bits per heavy atom. The fourth-order valence-corrected chi connectivity index (χ4v) is 5.85. The molecule has 3 aromatic rings. The number of hydrogen-bond donors (Lipinski definition) is 0. The zero-order valence-electron chi connectivity index (χ0n) is 13.1. The first-order chi connectivity index (χ1) is 12.3. The van der Waals surface area contributed by atoms with Gasteiger partial charge in [0.05, 0.1) is 10.1 Å². The standard InChI is InChI=1S/C17H14N2O3S3/c20-16(11-1-3-12(4-2-11)17-24-7-8-25-17)21-9-14-18-15(19-22-14)13-5-6-23-10-13/h1-6,10,17H,7-9H2. The lowest BCUT2D eigenvalue weighted by molar-refractivity contribution is 0.0430. The van der Waals surface area contributed by atoms with E-state index in [1.807, 2.05) is 64.6 Å². The minimum Gasteiger partial charge on any atom is -0.452 e. The summed E-state index contributed by atoms with van der Waals surface area (Å²) in [6.45, 7) is -0.0357. The summed E-state index contributed by atoms with van der Waals surface area (Å²) in [4.78, 5) is 16.4. The van der Waals surface area contributed by atoms with E-state index in [2.05, 4.69) is 10.1 Å². The van der Waals surface area contributed by atoms with Crippen molar-refractivity contribution in [3.8, 4) is 11.4 Å². The normalized spacial score (nSPS) is 14.7. The largest absolute Gasteiger partial charge is 0.452 e. The molecule has 1 saturated heterocycles.